The number of rotatable bonds is 3. The quantitative estimate of drug-likeness (QED) is 0.561. The molecular weight excluding hydrogens is 135 g/mol. The van der Waals surface area contributed by atoms with Crippen molar-refractivity contribution in [1.29, 1.82) is 0 Å². The summed E-state index contributed by atoms with van der Waals surface area (Å²) in [6, 6.07) is 0. The molecule has 0 spiro atoms. The van der Waals surface area contributed by atoms with E-state index in [9.17, 15) is 9.18 Å². The molecule has 1 unspecified atom stereocenters. The highest BCUT2D eigenvalue weighted by Gasteiger charge is 2.24. The van der Waals surface area contributed by atoms with Crippen LogP contribution in [0.25, 0.3) is 0 Å². The van der Waals surface area contributed by atoms with Gasteiger partial charge in [-0.3, -0.25) is 0 Å². The van der Waals surface area contributed by atoms with Crippen molar-refractivity contribution >= 4 is 5.97 Å². The van der Waals surface area contributed by atoms with E-state index in [0.29, 0.717) is 12.5 Å². The molecule has 0 radical (unpaired) electrons. The van der Waals surface area contributed by atoms with E-state index < -0.39 is 12.1 Å². The Morgan fingerprint density at radius 3 is 2.80 bits per heavy atom. The van der Waals surface area contributed by atoms with Gasteiger partial charge in [0, 0.05) is 0 Å². The number of ether oxygens (including phenoxy) is 1. The largest absolute Gasteiger partial charge is 0.463 e. The Labute approximate surface area is 59.4 Å². The molecule has 0 aromatic heterocycles. The summed E-state index contributed by atoms with van der Waals surface area (Å²) >= 11 is 0. The van der Waals surface area contributed by atoms with Gasteiger partial charge in [-0.15, -0.1) is 0 Å². The van der Waals surface area contributed by atoms with Crippen molar-refractivity contribution in [3.63, 3.8) is 0 Å². The number of hydrogen-bond donors (Lipinski definition) is 0. The van der Waals surface area contributed by atoms with Crippen LogP contribution in [-0.2, 0) is 9.53 Å². The van der Waals surface area contributed by atoms with Crippen molar-refractivity contribution in [1.82, 2.24) is 0 Å². The van der Waals surface area contributed by atoms with Crippen LogP contribution in [0.3, 0.4) is 0 Å². The van der Waals surface area contributed by atoms with Gasteiger partial charge >= 0.3 is 5.97 Å². The fraction of sp³-hybridized carbons (Fsp3) is 0.857. The maximum Gasteiger partial charge on any atom is 0.340 e. The van der Waals surface area contributed by atoms with E-state index in [0.717, 1.165) is 12.8 Å². The first kappa shape index (κ1) is 7.51. The van der Waals surface area contributed by atoms with Gasteiger partial charge in [0.1, 0.15) is 0 Å². The molecular formula is C7H11FO2. The zero-order chi connectivity index (χ0) is 7.56. The highest BCUT2D eigenvalue weighted by atomic mass is 19.1. The second-order valence-electron chi connectivity index (χ2n) is 2.69. The number of carbonyl (C=O) groups is 1. The standard InChI is InChI=1S/C7H11FO2/c1-5(8)7(9)10-4-6-2-3-6/h5-6H,2-4H2,1H3. The van der Waals surface area contributed by atoms with Crippen LogP contribution in [0, 0.1) is 5.92 Å². The first-order chi connectivity index (χ1) is 4.70. The Hall–Kier alpha value is -0.600. The molecule has 1 aliphatic rings. The van der Waals surface area contributed by atoms with E-state index >= 15 is 0 Å². The lowest BCUT2D eigenvalue weighted by Gasteiger charge is -2.02. The Kier molecular flexibility index (Phi) is 2.25. The average Bonchev–Trinajstić information content (AvgIpc) is 2.64. The van der Waals surface area contributed by atoms with Gasteiger partial charge in [0.05, 0.1) is 6.61 Å². The van der Waals surface area contributed by atoms with Crippen LogP contribution in [0.1, 0.15) is 19.8 Å². The van der Waals surface area contributed by atoms with Crippen molar-refractivity contribution in [2.24, 2.45) is 5.92 Å². The molecule has 0 aromatic carbocycles. The van der Waals surface area contributed by atoms with Crippen molar-refractivity contribution in [3.8, 4) is 0 Å². The zero-order valence-corrected chi connectivity index (χ0v) is 5.97. The molecule has 58 valence electrons. The van der Waals surface area contributed by atoms with Crippen LogP contribution in [-0.4, -0.2) is 18.7 Å². The molecule has 0 bridgehead atoms. The van der Waals surface area contributed by atoms with E-state index in [1.165, 1.54) is 6.92 Å². The molecule has 0 N–H and O–H groups in total. The predicted octanol–water partition coefficient (Wildman–Crippen LogP) is 1.30. The summed E-state index contributed by atoms with van der Waals surface area (Å²) in [7, 11) is 0. The molecule has 0 heterocycles. The fourth-order valence-electron chi connectivity index (χ4n) is 0.599. The van der Waals surface area contributed by atoms with Crippen molar-refractivity contribution in [3.05, 3.63) is 0 Å². The third-order valence-electron chi connectivity index (χ3n) is 1.48. The Balaban J connectivity index is 2.05. The zero-order valence-electron chi connectivity index (χ0n) is 5.97. The molecule has 1 aliphatic carbocycles. The van der Waals surface area contributed by atoms with E-state index in [1.54, 1.807) is 0 Å². The summed E-state index contributed by atoms with van der Waals surface area (Å²) in [6.07, 6.45) is 0.765. The minimum atomic E-state index is -1.47. The molecule has 2 nitrogen and oxygen atoms in total. The number of esters is 1. The molecule has 0 amide bonds. The summed E-state index contributed by atoms with van der Waals surface area (Å²) in [5.41, 5.74) is 0. The lowest BCUT2D eigenvalue weighted by molar-refractivity contribution is -0.149. The molecule has 1 rings (SSSR count). The van der Waals surface area contributed by atoms with Crippen molar-refractivity contribution in [2.45, 2.75) is 25.9 Å². The second-order valence-corrected chi connectivity index (χ2v) is 2.69. The minimum Gasteiger partial charge on any atom is -0.463 e. The smallest absolute Gasteiger partial charge is 0.340 e. The maximum absolute atomic E-state index is 12.1. The number of hydrogen-bond acceptors (Lipinski definition) is 2. The Morgan fingerprint density at radius 1 is 1.80 bits per heavy atom. The molecule has 0 saturated heterocycles. The van der Waals surface area contributed by atoms with Gasteiger partial charge in [-0.05, 0) is 25.7 Å². The molecule has 0 aromatic rings. The SMILES string of the molecule is CC(F)C(=O)OCC1CC1. The molecule has 0 aliphatic heterocycles. The van der Waals surface area contributed by atoms with Crippen LogP contribution >= 0.6 is 0 Å². The lowest BCUT2D eigenvalue weighted by atomic mass is 10.4. The van der Waals surface area contributed by atoms with Crippen LogP contribution in [0.15, 0.2) is 0 Å². The summed E-state index contributed by atoms with van der Waals surface area (Å²) in [5, 5.41) is 0. The molecule has 1 fully saturated rings. The number of alkyl halides is 1. The van der Waals surface area contributed by atoms with Crippen molar-refractivity contribution in [2.75, 3.05) is 6.61 Å². The van der Waals surface area contributed by atoms with E-state index in [2.05, 4.69) is 4.74 Å². The second kappa shape index (κ2) is 2.99. The summed E-state index contributed by atoms with van der Waals surface area (Å²) in [5.74, 6) is -0.213. The van der Waals surface area contributed by atoms with Gasteiger partial charge in [-0.1, -0.05) is 0 Å². The van der Waals surface area contributed by atoms with E-state index in [1.807, 2.05) is 0 Å². The topological polar surface area (TPSA) is 26.3 Å². The predicted molar refractivity (Wildman–Crippen MR) is 34.3 cm³/mol. The van der Waals surface area contributed by atoms with Gasteiger partial charge in [0.25, 0.3) is 0 Å². The van der Waals surface area contributed by atoms with Gasteiger partial charge < -0.3 is 4.74 Å². The van der Waals surface area contributed by atoms with Gasteiger partial charge in [-0.2, -0.15) is 0 Å². The molecule has 10 heavy (non-hydrogen) atoms. The maximum atomic E-state index is 12.1. The van der Waals surface area contributed by atoms with Crippen LogP contribution < -0.4 is 0 Å². The average molecular weight is 146 g/mol. The van der Waals surface area contributed by atoms with Gasteiger partial charge in [0.15, 0.2) is 6.17 Å². The fourth-order valence-corrected chi connectivity index (χ4v) is 0.599. The Morgan fingerprint density at radius 2 is 2.40 bits per heavy atom. The molecule has 1 saturated carbocycles. The first-order valence-corrected chi connectivity index (χ1v) is 3.51. The number of carbonyl (C=O) groups excluding carboxylic acids is 1. The first-order valence-electron chi connectivity index (χ1n) is 3.51. The van der Waals surface area contributed by atoms with Crippen LogP contribution in [0.2, 0.25) is 0 Å². The summed E-state index contributed by atoms with van der Waals surface area (Å²) < 4.78 is 16.7. The van der Waals surface area contributed by atoms with Crippen LogP contribution in [0.5, 0.6) is 0 Å². The monoisotopic (exact) mass is 146 g/mol. The third-order valence-corrected chi connectivity index (χ3v) is 1.48. The van der Waals surface area contributed by atoms with E-state index in [4.69, 9.17) is 0 Å². The molecule has 3 heteroatoms. The van der Waals surface area contributed by atoms with Gasteiger partial charge in [0.2, 0.25) is 0 Å². The van der Waals surface area contributed by atoms with Crippen molar-refractivity contribution < 1.29 is 13.9 Å². The normalized spacial score (nSPS) is 20.2. The van der Waals surface area contributed by atoms with Gasteiger partial charge in [-0.25, -0.2) is 9.18 Å². The highest BCUT2D eigenvalue weighted by molar-refractivity contribution is 5.73. The lowest BCUT2D eigenvalue weighted by Crippen LogP contribution is -2.16. The third kappa shape index (κ3) is 2.33. The number of halogens is 1. The summed E-state index contributed by atoms with van der Waals surface area (Å²) in [4.78, 5) is 10.5. The van der Waals surface area contributed by atoms with E-state index in [-0.39, 0.29) is 0 Å². The minimum absolute atomic E-state index is 0.410. The van der Waals surface area contributed by atoms with Crippen LogP contribution in [0.4, 0.5) is 4.39 Å². The Bertz CT molecular complexity index is 130. The summed E-state index contributed by atoms with van der Waals surface area (Å²) in [6.45, 7) is 1.60. The highest BCUT2D eigenvalue weighted by Crippen LogP contribution is 2.28. The molecule has 1 atom stereocenters.